The van der Waals surface area contributed by atoms with E-state index in [4.69, 9.17) is 0 Å². The van der Waals surface area contributed by atoms with Crippen molar-refractivity contribution in [2.75, 3.05) is 17.3 Å². The van der Waals surface area contributed by atoms with Gasteiger partial charge in [-0.15, -0.1) is 11.8 Å². The number of thioether (sulfide) groups is 1. The van der Waals surface area contributed by atoms with Crippen LogP contribution in [0.4, 0.5) is 24.5 Å². The van der Waals surface area contributed by atoms with Crippen molar-refractivity contribution in [3.8, 4) is 0 Å². The van der Waals surface area contributed by atoms with Gasteiger partial charge in [0.05, 0.1) is 31.9 Å². The lowest BCUT2D eigenvalue weighted by Gasteiger charge is -2.10. The highest BCUT2D eigenvalue weighted by Gasteiger charge is 2.30. The van der Waals surface area contributed by atoms with Gasteiger partial charge in [-0.2, -0.15) is 13.2 Å². The molecule has 27 heavy (non-hydrogen) atoms. The number of nitrogens with zero attached hydrogens (tertiary/aromatic N) is 1. The summed E-state index contributed by atoms with van der Waals surface area (Å²) in [5, 5.41) is 13.5. The molecule has 0 saturated heterocycles. The van der Waals surface area contributed by atoms with Gasteiger partial charge in [-0.05, 0) is 30.3 Å². The molecule has 1 unspecified atom stereocenters. The summed E-state index contributed by atoms with van der Waals surface area (Å²) in [6, 6.07) is 8.17. The summed E-state index contributed by atoms with van der Waals surface area (Å²) in [4.78, 5) is 22.9. The lowest BCUT2D eigenvalue weighted by molar-refractivity contribution is -0.387. The average Bonchev–Trinajstić information content (AvgIpc) is 2.59. The predicted octanol–water partition coefficient (Wildman–Crippen LogP) is 4.08. The number of anilines is 1. The summed E-state index contributed by atoms with van der Waals surface area (Å²) in [5.74, 6) is -0.859. The van der Waals surface area contributed by atoms with E-state index < -0.39 is 33.4 Å². The highest BCUT2D eigenvalue weighted by molar-refractivity contribution is 8.00. The van der Waals surface area contributed by atoms with Gasteiger partial charge in [-0.25, -0.2) is 0 Å². The fourth-order valence-electron chi connectivity index (χ4n) is 2.05. The van der Waals surface area contributed by atoms with Crippen molar-refractivity contribution in [1.82, 2.24) is 0 Å². The van der Waals surface area contributed by atoms with Crippen LogP contribution in [0, 0.1) is 10.1 Å². The first-order valence-corrected chi connectivity index (χ1v) is 9.84. The summed E-state index contributed by atoms with van der Waals surface area (Å²) in [7, 11) is -1.40. The van der Waals surface area contributed by atoms with E-state index >= 15 is 0 Å². The van der Waals surface area contributed by atoms with Gasteiger partial charge < -0.3 is 5.32 Å². The first kappa shape index (κ1) is 20.9. The number of hydrogen-bond acceptors (Lipinski definition) is 5. The van der Waals surface area contributed by atoms with Crippen LogP contribution in [0.1, 0.15) is 5.56 Å². The van der Waals surface area contributed by atoms with Crippen LogP contribution in [0.5, 0.6) is 0 Å². The van der Waals surface area contributed by atoms with Crippen molar-refractivity contribution in [3.05, 3.63) is 58.1 Å². The predicted molar refractivity (Wildman–Crippen MR) is 96.2 cm³/mol. The second kappa shape index (κ2) is 8.53. The fraction of sp³-hybridized carbons (Fsp3) is 0.188. The number of alkyl halides is 3. The molecule has 0 heterocycles. The van der Waals surface area contributed by atoms with Crippen molar-refractivity contribution in [2.24, 2.45) is 0 Å². The van der Waals surface area contributed by atoms with Crippen LogP contribution in [0.2, 0.25) is 0 Å². The summed E-state index contributed by atoms with van der Waals surface area (Å²) < 4.78 is 49.5. The minimum atomic E-state index is -4.53. The second-order valence-corrected chi connectivity index (χ2v) is 7.65. The molecule has 0 fully saturated rings. The molecule has 0 aliphatic heterocycles. The molecule has 11 heteroatoms. The molecule has 1 N–H and O–H groups in total. The lowest BCUT2D eigenvalue weighted by atomic mass is 10.2. The van der Waals surface area contributed by atoms with E-state index in [1.54, 1.807) is 0 Å². The van der Waals surface area contributed by atoms with E-state index in [1.807, 2.05) is 0 Å². The monoisotopic (exact) mass is 418 g/mol. The van der Waals surface area contributed by atoms with Gasteiger partial charge in [0.2, 0.25) is 5.91 Å². The normalized spacial score (nSPS) is 12.4. The van der Waals surface area contributed by atoms with Crippen LogP contribution in [-0.2, 0) is 21.8 Å². The van der Waals surface area contributed by atoms with Gasteiger partial charge in [0.1, 0.15) is 0 Å². The third kappa shape index (κ3) is 5.79. The third-order valence-corrected chi connectivity index (χ3v) is 5.27. The highest BCUT2D eigenvalue weighted by Crippen LogP contribution is 2.32. The maximum absolute atomic E-state index is 12.7. The SMILES string of the molecule is CS(=O)c1ccc(SCC(=O)Nc2cccc(C(F)(F)F)c2)c([N+](=O)[O-])c1. The summed E-state index contributed by atoms with van der Waals surface area (Å²) in [6.45, 7) is 0. The topological polar surface area (TPSA) is 89.3 Å². The molecule has 0 aliphatic carbocycles. The quantitative estimate of drug-likeness (QED) is 0.434. The Kier molecular flexibility index (Phi) is 6.60. The number of nitro groups is 1. The summed E-state index contributed by atoms with van der Waals surface area (Å²) in [5.41, 5.74) is -1.21. The Bertz CT molecular complexity index is 903. The molecular formula is C16H13F3N2O4S2. The van der Waals surface area contributed by atoms with Crippen LogP contribution >= 0.6 is 11.8 Å². The summed E-state index contributed by atoms with van der Waals surface area (Å²) >= 11 is 0.858. The molecule has 0 aliphatic rings. The average molecular weight is 418 g/mol. The van der Waals surface area contributed by atoms with E-state index in [1.165, 1.54) is 36.6 Å². The molecule has 2 aromatic carbocycles. The maximum Gasteiger partial charge on any atom is 0.416 e. The summed E-state index contributed by atoms with van der Waals surface area (Å²) in [6.07, 6.45) is -3.15. The van der Waals surface area contributed by atoms with Crippen LogP contribution in [0.3, 0.4) is 0 Å². The number of carbonyl (C=O) groups is 1. The zero-order chi connectivity index (χ0) is 20.2. The third-order valence-electron chi connectivity index (χ3n) is 3.29. The van der Waals surface area contributed by atoms with Gasteiger partial charge in [0.15, 0.2) is 0 Å². The van der Waals surface area contributed by atoms with Crippen molar-refractivity contribution in [3.63, 3.8) is 0 Å². The first-order valence-electron chi connectivity index (χ1n) is 7.29. The smallest absolute Gasteiger partial charge is 0.325 e. The highest BCUT2D eigenvalue weighted by atomic mass is 32.2. The molecular weight excluding hydrogens is 405 g/mol. The Morgan fingerprint density at radius 2 is 1.96 bits per heavy atom. The molecule has 144 valence electrons. The minimum absolute atomic E-state index is 0.0262. The zero-order valence-corrected chi connectivity index (χ0v) is 15.4. The number of nitro benzene ring substituents is 1. The van der Waals surface area contributed by atoms with E-state index in [0.717, 1.165) is 23.9 Å². The molecule has 0 bridgehead atoms. The van der Waals surface area contributed by atoms with Gasteiger partial charge in [0, 0.05) is 22.9 Å². The number of amides is 1. The molecule has 1 atom stereocenters. The van der Waals surface area contributed by atoms with Gasteiger partial charge >= 0.3 is 6.18 Å². The van der Waals surface area contributed by atoms with Gasteiger partial charge in [-0.3, -0.25) is 19.1 Å². The van der Waals surface area contributed by atoms with Crippen LogP contribution in [-0.4, -0.2) is 27.0 Å². The minimum Gasteiger partial charge on any atom is -0.325 e. The largest absolute Gasteiger partial charge is 0.416 e. The number of hydrogen-bond donors (Lipinski definition) is 1. The fourth-order valence-corrected chi connectivity index (χ4v) is 3.40. The molecule has 2 aromatic rings. The molecule has 6 nitrogen and oxygen atoms in total. The first-order chi connectivity index (χ1) is 12.6. The van der Waals surface area contributed by atoms with E-state index in [2.05, 4.69) is 5.32 Å². The van der Waals surface area contributed by atoms with Crippen molar-refractivity contribution in [1.29, 1.82) is 0 Å². The molecule has 1 amide bonds. The molecule has 0 aromatic heterocycles. The number of carbonyl (C=O) groups excluding carboxylic acids is 1. The molecule has 0 spiro atoms. The van der Waals surface area contributed by atoms with Crippen molar-refractivity contribution < 1.29 is 27.1 Å². The van der Waals surface area contributed by atoms with Crippen LogP contribution in [0.25, 0.3) is 0 Å². The van der Waals surface area contributed by atoms with E-state index in [9.17, 15) is 32.3 Å². The van der Waals surface area contributed by atoms with E-state index in [0.29, 0.717) is 0 Å². The van der Waals surface area contributed by atoms with Crippen LogP contribution in [0.15, 0.2) is 52.3 Å². The Labute approximate surface area is 158 Å². The van der Waals surface area contributed by atoms with Crippen molar-refractivity contribution in [2.45, 2.75) is 16.0 Å². The Hall–Kier alpha value is -2.40. The van der Waals surface area contributed by atoms with Gasteiger partial charge in [-0.1, -0.05) is 6.07 Å². The number of benzene rings is 2. The number of halogens is 3. The Balaban J connectivity index is 2.08. The lowest BCUT2D eigenvalue weighted by Crippen LogP contribution is -2.15. The van der Waals surface area contributed by atoms with Crippen LogP contribution < -0.4 is 5.32 Å². The number of rotatable bonds is 6. The van der Waals surface area contributed by atoms with E-state index in [-0.39, 0.29) is 26.9 Å². The maximum atomic E-state index is 12.7. The van der Waals surface area contributed by atoms with Crippen molar-refractivity contribution >= 4 is 39.8 Å². The number of nitrogens with one attached hydrogen (secondary N) is 1. The molecule has 2 rings (SSSR count). The van der Waals surface area contributed by atoms with Gasteiger partial charge in [0.25, 0.3) is 5.69 Å². The second-order valence-electron chi connectivity index (χ2n) is 5.26. The Morgan fingerprint density at radius 3 is 2.56 bits per heavy atom. The molecule has 0 saturated carbocycles. The molecule has 0 radical (unpaired) electrons. The zero-order valence-electron chi connectivity index (χ0n) is 13.8. The standard InChI is InChI=1S/C16H13F3N2O4S2/c1-27(25)12-5-6-14(13(8-12)21(23)24)26-9-15(22)20-11-4-2-3-10(7-11)16(17,18)19/h2-8H,9H2,1H3,(H,20,22). The Morgan fingerprint density at radius 1 is 1.26 bits per heavy atom.